The van der Waals surface area contributed by atoms with Gasteiger partial charge in [0.15, 0.2) is 6.04 Å². The first kappa shape index (κ1) is 20.3. The van der Waals surface area contributed by atoms with Gasteiger partial charge in [-0.15, -0.1) is 0 Å². The van der Waals surface area contributed by atoms with Gasteiger partial charge in [0.25, 0.3) is 0 Å². The lowest BCUT2D eigenvalue weighted by Gasteiger charge is -2.22. The first-order valence-electron chi connectivity index (χ1n) is 8.84. The Kier molecular flexibility index (Phi) is 7.65. The Hall–Kier alpha value is -3.04. The molecule has 142 valence electrons. The van der Waals surface area contributed by atoms with Crippen LogP contribution in [0.1, 0.15) is 36.1 Å². The van der Waals surface area contributed by atoms with Gasteiger partial charge < -0.3 is 19.9 Å². The third-order valence-corrected chi connectivity index (χ3v) is 4.03. The van der Waals surface area contributed by atoms with Crippen molar-refractivity contribution in [1.82, 2.24) is 0 Å². The van der Waals surface area contributed by atoms with Crippen LogP contribution >= 0.6 is 0 Å². The molecule has 0 spiro atoms. The molecule has 0 fully saturated rings. The molecule has 0 aliphatic carbocycles. The van der Waals surface area contributed by atoms with E-state index in [2.05, 4.69) is 18.3 Å². The second-order valence-electron chi connectivity index (χ2n) is 5.98. The molecule has 0 radical (unpaired) electrons. The number of methoxy groups -OCH3 is 1. The Morgan fingerprint density at radius 2 is 2.00 bits per heavy atom. The van der Waals surface area contributed by atoms with E-state index in [0.717, 1.165) is 18.4 Å². The van der Waals surface area contributed by atoms with Gasteiger partial charge in [-0.2, -0.15) is 5.26 Å². The number of rotatable bonds is 9. The minimum atomic E-state index is -0.784. The highest BCUT2D eigenvalue weighted by Gasteiger charge is 2.25. The lowest BCUT2D eigenvalue weighted by molar-refractivity contribution is -0.141. The molecule has 6 nitrogen and oxygen atoms in total. The van der Waals surface area contributed by atoms with Crippen molar-refractivity contribution in [2.24, 2.45) is 0 Å². The molecule has 27 heavy (non-hydrogen) atoms. The van der Waals surface area contributed by atoms with Crippen molar-refractivity contribution in [2.75, 3.05) is 25.6 Å². The quantitative estimate of drug-likeness (QED) is 0.661. The summed E-state index contributed by atoms with van der Waals surface area (Å²) in [4.78, 5) is 12.5. The second kappa shape index (κ2) is 10.2. The summed E-state index contributed by atoms with van der Waals surface area (Å²) in [6, 6.07) is 13.8. The Bertz CT molecular complexity index is 797. The molecule has 0 saturated carbocycles. The number of nitrogens with zero attached hydrogens (tertiary/aromatic N) is 1. The molecule has 0 heterocycles. The first-order chi connectivity index (χ1) is 13.1. The van der Waals surface area contributed by atoms with Gasteiger partial charge in [0.2, 0.25) is 0 Å². The number of nitrogens with one attached hydrogen (secondary N) is 1. The lowest BCUT2D eigenvalue weighted by atomic mass is 10.00. The topological polar surface area (TPSA) is 91.6 Å². The smallest absolute Gasteiger partial charge is 0.333 e. The van der Waals surface area contributed by atoms with E-state index in [1.807, 2.05) is 18.2 Å². The van der Waals surface area contributed by atoms with Crippen LogP contribution in [0.3, 0.4) is 0 Å². The molecular formula is C21H24N2O4. The average Bonchev–Trinajstić information content (AvgIpc) is 2.71. The molecule has 0 bridgehead atoms. The van der Waals surface area contributed by atoms with E-state index in [1.54, 1.807) is 24.3 Å². The molecule has 0 saturated heterocycles. The van der Waals surface area contributed by atoms with E-state index >= 15 is 0 Å². The fourth-order valence-corrected chi connectivity index (χ4v) is 2.74. The van der Waals surface area contributed by atoms with Crippen LogP contribution in [0.5, 0.6) is 5.75 Å². The maximum Gasteiger partial charge on any atom is 0.333 e. The van der Waals surface area contributed by atoms with Crippen molar-refractivity contribution in [2.45, 2.75) is 25.8 Å². The van der Waals surface area contributed by atoms with Crippen LogP contribution in [0.25, 0.3) is 0 Å². The maximum absolute atomic E-state index is 12.5. The van der Waals surface area contributed by atoms with E-state index in [0.29, 0.717) is 22.6 Å². The van der Waals surface area contributed by atoms with Gasteiger partial charge >= 0.3 is 5.97 Å². The summed E-state index contributed by atoms with van der Waals surface area (Å²) >= 11 is 0. The molecular weight excluding hydrogens is 344 g/mol. The van der Waals surface area contributed by atoms with E-state index in [9.17, 15) is 4.79 Å². The molecule has 0 aromatic heterocycles. The summed E-state index contributed by atoms with van der Waals surface area (Å²) in [6.45, 7) is 2.09. The van der Waals surface area contributed by atoms with Gasteiger partial charge in [0, 0.05) is 11.3 Å². The van der Waals surface area contributed by atoms with Gasteiger partial charge in [-0.3, -0.25) is 0 Å². The van der Waals surface area contributed by atoms with Gasteiger partial charge in [-0.05, 0) is 48.4 Å². The van der Waals surface area contributed by atoms with Crippen LogP contribution < -0.4 is 10.1 Å². The highest BCUT2D eigenvalue weighted by molar-refractivity contribution is 5.82. The Morgan fingerprint density at radius 1 is 1.26 bits per heavy atom. The van der Waals surface area contributed by atoms with E-state index < -0.39 is 12.0 Å². The normalized spacial score (nSPS) is 11.3. The van der Waals surface area contributed by atoms with E-state index in [-0.39, 0.29) is 13.2 Å². The monoisotopic (exact) mass is 368 g/mol. The third-order valence-electron chi connectivity index (χ3n) is 4.03. The van der Waals surface area contributed by atoms with Crippen molar-refractivity contribution in [3.8, 4) is 11.8 Å². The minimum absolute atomic E-state index is 0.123. The number of carbonyl (C=O) groups excluding carboxylic acids is 1. The summed E-state index contributed by atoms with van der Waals surface area (Å²) < 4.78 is 10.6. The number of hydrogen-bond acceptors (Lipinski definition) is 6. The molecule has 2 N–H and O–H groups in total. The number of aliphatic hydroxyl groups excluding tert-OH is 1. The molecule has 0 aliphatic heterocycles. The van der Waals surface area contributed by atoms with Crippen molar-refractivity contribution in [1.29, 1.82) is 5.26 Å². The fourth-order valence-electron chi connectivity index (χ4n) is 2.74. The highest BCUT2D eigenvalue weighted by atomic mass is 16.5. The highest BCUT2D eigenvalue weighted by Crippen LogP contribution is 2.31. The minimum Gasteiger partial charge on any atom is -0.491 e. The molecule has 2 aromatic carbocycles. The number of esters is 1. The number of ether oxygens (including phenoxy) is 2. The van der Waals surface area contributed by atoms with Gasteiger partial charge in [-0.25, -0.2) is 4.79 Å². The van der Waals surface area contributed by atoms with E-state index in [1.165, 1.54) is 7.11 Å². The fraction of sp³-hybridized carbons (Fsp3) is 0.333. The summed E-state index contributed by atoms with van der Waals surface area (Å²) in [5.74, 6) is 0.0577. The third kappa shape index (κ3) is 5.47. The number of hydrogen-bond donors (Lipinski definition) is 2. The Balaban J connectivity index is 2.41. The van der Waals surface area contributed by atoms with Crippen LogP contribution in [0.2, 0.25) is 0 Å². The summed E-state index contributed by atoms with van der Waals surface area (Å²) in [5, 5.41) is 21.2. The zero-order valence-electron chi connectivity index (χ0n) is 15.6. The van der Waals surface area contributed by atoms with Crippen molar-refractivity contribution >= 4 is 11.7 Å². The average molecular weight is 368 g/mol. The van der Waals surface area contributed by atoms with Gasteiger partial charge in [0.05, 0.1) is 25.3 Å². The number of carbonyl (C=O) groups is 1. The van der Waals surface area contributed by atoms with Crippen LogP contribution in [0, 0.1) is 11.3 Å². The molecule has 6 heteroatoms. The van der Waals surface area contributed by atoms with Crippen molar-refractivity contribution in [3.63, 3.8) is 0 Å². The van der Waals surface area contributed by atoms with Crippen LogP contribution in [-0.4, -0.2) is 31.4 Å². The zero-order valence-corrected chi connectivity index (χ0v) is 15.6. The number of nitriles is 1. The predicted octanol–water partition coefficient (Wildman–Crippen LogP) is 3.21. The Labute approximate surface area is 159 Å². The molecule has 1 unspecified atom stereocenters. The van der Waals surface area contributed by atoms with Crippen LogP contribution in [-0.2, 0) is 16.0 Å². The van der Waals surface area contributed by atoms with Crippen LogP contribution in [0.15, 0.2) is 42.5 Å². The summed E-state index contributed by atoms with van der Waals surface area (Å²) in [5.41, 5.74) is 2.94. The SMILES string of the molecule is CCCc1ccc(OCCO)c(C(Nc2ccc(C#N)cc2)C(=O)OC)c1. The standard InChI is InChI=1S/C21H24N2O4/c1-3-4-15-7-10-19(27-12-11-24)18(13-15)20(21(25)26-2)23-17-8-5-16(14-22)6-9-17/h5-10,13,20,23-24H,3-4,11-12H2,1-2H3. The summed E-state index contributed by atoms with van der Waals surface area (Å²) in [6.07, 6.45) is 1.85. The second-order valence-corrected chi connectivity index (χ2v) is 5.98. The van der Waals surface area contributed by atoms with Crippen molar-refractivity contribution in [3.05, 3.63) is 59.2 Å². The first-order valence-corrected chi connectivity index (χ1v) is 8.84. The lowest BCUT2D eigenvalue weighted by Crippen LogP contribution is -2.23. The largest absolute Gasteiger partial charge is 0.491 e. The molecule has 2 rings (SSSR count). The number of anilines is 1. The number of aliphatic hydroxyl groups is 1. The molecule has 1 atom stereocenters. The van der Waals surface area contributed by atoms with Gasteiger partial charge in [-0.1, -0.05) is 19.4 Å². The molecule has 0 aliphatic rings. The number of benzene rings is 2. The molecule has 2 aromatic rings. The molecule has 0 amide bonds. The van der Waals surface area contributed by atoms with Gasteiger partial charge in [0.1, 0.15) is 12.4 Å². The predicted molar refractivity (Wildman–Crippen MR) is 103 cm³/mol. The zero-order chi connectivity index (χ0) is 19.6. The van der Waals surface area contributed by atoms with Crippen molar-refractivity contribution < 1.29 is 19.4 Å². The number of aryl methyl sites for hydroxylation is 1. The Morgan fingerprint density at radius 3 is 2.59 bits per heavy atom. The van der Waals surface area contributed by atoms with Crippen LogP contribution in [0.4, 0.5) is 5.69 Å². The summed E-state index contributed by atoms with van der Waals surface area (Å²) in [7, 11) is 1.33. The van der Waals surface area contributed by atoms with E-state index in [4.69, 9.17) is 19.8 Å². The maximum atomic E-state index is 12.5.